The molecule has 0 fully saturated rings. The lowest BCUT2D eigenvalue weighted by Gasteiger charge is -2.22. The van der Waals surface area contributed by atoms with Gasteiger partial charge in [-0.15, -0.1) is 11.8 Å². The third-order valence-corrected chi connectivity index (χ3v) is 3.70. The Hall–Kier alpha value is -0.930. The van der Waals surface area contributed by atoms with Crippen LogP contribution in [0.1, 0.15) is 12.5 Å². The molecule has 16 heavy (non-hydrogen) atoms. The molecule has 1 aromatic carbocycles. The van der Waals surface area contributed by atoms with Gasteiger partial charge in [0.25, 0.3) is 0 Å². The molecule has 2 nitrogen and oxygen atoms in total. The van der Waals surface area contributed by atoms with Gasteiger partial charge in [0.2, 0.25) is 0 Å². The van der Waals surface area contributed by atoms with Crippen LogP contribution in [-0.2, 0) is 6.42 Å². The highest BCUT2D eigenvalue weighted by Crippen LogP contribution is 2.22. The molecule has 0 saturated heterocycles. The minimum atomic E-state index is -0.288. The van der Waals surface area contributed by atoms with Gasteiger partial charge in [-0.25, -0.2) is 0 Å². The molecule has 1 aliphatic rings. The van der Waals surface area contributed by atoms with E-state index in [9.17, 15) is 5.11 Å². The van der Waals surface area contributed by atoms with E-state index in [0.29, 0.717) is 0 Å². The van der Waals surface area contributed by atoms with Gasteiger partial charge in [-0.3, -0.25) is 0 Å². The predicted octanol–water partition coefficient (Wildman–Crippen LogP) is 2.46. The van der Waals surface area contributed by atoms with Crippen LogP contribution >= 0.6 is 11.8 Å². The molecule has 3 heteroatoms. The van der Waals surface area contributed by atoms with E-state index in [1.54, 1.807) is 11.8 Å². The van der Waals surface area contributed by atoms with Crippen molar-refractivity contribution < 1.29 is 5.11 Å². The minimum Gasteiger partial charge on any atom is -0.391 e. The fourth-order valence-electron chi connectivity index (χ4n) is 1.83. The van der Waals surface area contributed by atoms with Crippen molar-refractivity contribution >= 4 is 11.8 Å². The molecule has 1 heterocycles. The van der Waals surface area contributed by atoms with E-state index in [1.165, 1.54) is 11.3 Å². The Morgan fingerprint density at radius 2 is 2.12 bits per heavy atom. The average Bonchev–Trinajstić information content (AvgIpc) is 2.66. The second-order valence-electron chi connectivity index (χ2n) is 4.12. The highest BCUT2D eigenvalue weighted by molar-refractivity contribution is 8.02. The lowest BCUT2D eigenvalue weighted by atomic mass is 10.1. The molecule has 0 radical (unpaired) electrons. The number of nitrogens with zero attached hydrogens (tertiary/aromatic N) is 1. The topological polar surface area (TPSA) is 23.5 Å². The summed E-state index contributed by atoms with van der Waals surface area (Å²) in [6, 6.07) is 10.1. The first-order chi connectivity index (χ1) is 7.75. The van der Waals surface area contributed by atoms with E-state index in [-0.39, 0.29) is 6.10 Å². The number of hydrogen-bond acceptors (Lipinski definition) is 3. The van der Waals surface area contributed by atoms with Gasteiger partial charge in [-0.05, 0) is 17.9 Å². The molecule has 0 saturated carbocycles. The summed E-state index contributed by atoms with van der Waals surface area (Å²) in [7, 11) is 0. The quantitative estimate of drug-likeness (QED) is 0.867. The Balaban J connectivity index is 1.85. The van der Waals surface area contributed by atoms with Crippen LogP contribution in [0.3, 0.4) is 0 Å². The second-order valence-corrected chi connectivity index (χ2v) is 4.95. The number of rotatable bonds is 4. The number of benzene rings is 1. The Labute approximate surface area is 101 Å². The molecule has 2 rings (SSSR count). The van der Waals surface area contributed by atoms with Gasteiger partial charge in [-0.1, -0.05) is 30.3 Å². The first-order valence-electron chi connectivity index (χ1n) is 5.51. The van der Waals surface area contributed by atoms with Crippen LogP contribution in [0.2, 0.25) is 0 Å². The Kier molecular flexibility index (Phi) is 3.91. The molecule has 0 bridgehead atoms. The number of allylic oxidation sites excluding steroid dienone is 1. The van der Waals surface area contributed by atoms with E-state index in [2.05, 4.69) is 29.4 Å². The lowest BCUT2D eigenvalue weighted by Crippen LogP contribution is -2.30. The SMILES string of the molecule is CC1=CSCN1CC(O)Cc1ccccc1. The molecule has 1 aromatic rings. The number of aliphatic hydroxyl groups excluding tert-OH is 1. The van der Waals surface area contributed by atoms with Crippen molar-refractivity contribution in [1.82, 2.24) is 4.90 Å². The summed E-state index contributed by atoms with van der Waals surface area (Å²) in [6.07, 6.45) is 0.444. The van der Waals surface area contributed by atoms with Gasteiger partial charge in [0.05, 0.1) is 12.0 Å². The van der Waals surface area contributed by atoms with Crippen LogP contribution < -0.4 is 0 Å². The summed E-state index contributed by atoms with van der Waals surface area (Å²) in [5.74, 6) is 0.970. The zero-order valence-electron chi connectivity index (χ0n) is 9.47. The molecule has 86 valence electrons. The van der Waals surface area contributed by atoms with Crippen molar-refractivity contribution in [2.45, 2.75) is 19.4 Å². The highest BCUT2D eigenvalue weighted by Gasteiger charge is 2.15. The predicted molar refractivity (Wildman–Crippen MR) is 69.1 cm³/mol. The average molecular weight is 235 g/mol. The van der Waals surface area contributed by atoms with E-state index in [0.717, 1.165) is 18.8 Å². The lowest BCUT2D eigenvalue weighted by molar-refractivity contribution is 0.138. The third kappa shape index (κ3) is 3.03. The Bertz CT molecular complexity index is 363. The monoisotopic (exact) mass is 235 g/mol. The van der Waals surface area contributed by atoms with Gasteiger partial charge in [0.15, 0.2) is 0 Å². The maximum absolute atomic E-state index is 10.0. The van der Waals surface area contributed by atoms with E-state index in [1.807, 2.05) is 18.2 Å². The van der Waals surface area contributed by atoms with Crippen molar-refractivity contribution in [3.63, 3.8) is 0 Å². The van der Waals surface area contributed by atoms with E-state index < -0.39 is 0 Å². The highest BCUT2D eigenvalue weighted by atomic mass is 32.2. The largest absolute Gasteiger partial charge is 0.391 e. The molecular formula is C13H17NOS. The Morgan fingerprint density at radius 3 is 2.75 bits per heavy atom. The number of hydrogen-bond donors (Lipinski definition) is 1. The maximum Gasteiger partial charge on any atom is 0.0755 e. The van der Waals surface area contributed by atoms with Gasteiger partial charge >= 0.3 is 0 Å². The van der Waals surface area contributed by atoms with Crippen LogP contribution in [0.5, 0.6) is 0 Å². The second kappa shape index (κ2) is 5.41. The van der Waals surface area contributed by atoms with Crippen LogP contribution in [0, 0.1) is 0 Å². The summed E-state index contributed by atoms with van der Waals surface area (Å²) >= 11 is 1.79. The molecule has 1 aliphatic heterocycles. The normalized spacial score (nSPS) is 17.4. The zero-order chi connectivity index (χ0) is 11.4. The molecule has 1 unspecified atom stereocenters. The number of β-amino-alcohol motifs (C(OH)–C–C–N with tert-alkyl or cyclic N) is 1. The van der Waals surface area contributed by atoms with Crippen molar-refractivity contribution in [2.75, 3.05) is 12.4 Å². The smallest absolute Gasteiger partial charge is 0.0755 e. The fraction of sp³-hybridized carbons (Fsp3) is 0.385. The minimum absolute atomic E-state index is 0.288. The summed E-state index contributed by atoms with van der Waals surface area (Å²) in [6.45, 7) is 2.82. The van der Waals surface area contributed by atoms with Crippen molar-refractivity contribution in [2.24, 2.45) is 0 Å². The maximum atomic E-state index is 10.0. The molecule has 0 aromatic heterocycles. The zero-order valence-corrected chi connectivity index (χ0v) is 10.3. The first-order valence-corrected chi connectivity index (χ1v) is 6.56. The summed E-state index contributed by atoms with van der Waals surface area (Å²) in [5.41, 5.74) is 2.46. The van der Waals surface area contributed by atoms with Crippen LogP contribution in [0.4, 0.5) is 0 Å². The summed E-state index contributed by atoms with van der Waals surface area (Å²) in [5, 5.41) is 12.2. The van der Waals surface area contributed by atoms with Gasteiger partial charge in [0, 0.05) is 18.7 Å². The van der Waals surface area contributed by atoms with Gasteiger partial charge < -0.3 is 10.0 Å². The standard InChI is InChI=1S/C13H17NOS/c1-11-9-16-10-14(11)8-13(15)7-12-5-3-2-4-6-12/h2-6,9,13,15H,7-8,10H2,1H3. The van der Waals surface area contributed by atoms with E-state index in [4.69, 9.17) is 0 Å². The molecule has 1 atom stereocenters. The number of aliphatic hydroxyl groups is 1. The molecule has 0 amide bonds. The summed E-state index contributed by atoms with van der Waals surface area (Å²) < 4.78 is 0. The van der Waals surface area contributed by atoms with Gasteiger partial charge in [-0.2, -0.15) is 0 Å². The molecule has 0 spiro atoms. The van der Waals surface area contributed by atoms with Gasteiger partial charge in [0.1, 0.15) is 0 Å². The van der Waals surface area contributed by atoms with Crippen molar-refractivity contribution in [3.8, 4) is 0 Å². The van der Waals surface area contributed by atoms with E-state index >= 15 is 0 Å². The van der Waals surface area contributed by atoms with Crippen molar-refractivity contribution in [3.05, 3.63) is 47.0 Å². The molecule has 0 aliphatic carbocycles. The number of thioether (sulfide) groups is 1. The van der Waals surface area contributed by atoms with Crippen LogP contribution in [-0.4, -0.2) is 28.5 Å². The van der Waals surface area contributed by atoms with Crippen LogP contribution in [0.25, 0.3) is 0 Å². The summed E-state index contributed by atoms with van der Waals surface area (Å²) in [4.78, 5) is 2.22. The van der Waals surface area contributed by atoms with Crippen LogP contribution in [0.15, 0.2) is 41.4 Å². The Morgan fingerprint density at radius 1 is 1.38 bits per heavy atom. The third-order valence-electron chi connectivity index (χ3n) is 2.73. The fourth-order valence-corrected chi connectivity index (χ4v) is 2.78. The first kappa shape index (κ1) is 11.6. The molecular weight excluding hydrogens is 218 g/mol. The van der Waals surface area contributed by atoms with Crippen molar-refractivity contribution in [1.29, 1.82) is 0 Å². The molecule has 1 N–H and O–H groups in total.